The second-order valence-electron chi connectivity index (χ2n) is 7.32. The second-order valence-corrected chi connectivity index (χ2v) is 7.32. The highest BCUT2D eigenvalue weighted by Gasteiger charge is 2.34. The van der Waals surface area contributed by atoms with Crippen molar-refractivity contribution >= 4 is 11.8 Å². The number of carbonyl (C=O) groups excluding carboxylic acids is 2. The Morgan fingerprint density at radius 2 is 1.93 bits per heavy atom. The van der Waals surface area contributed by atoms with Gasteiger partial charge in [0.2, 0.25) is 0 Å². The number of ether oxygens (including phenoxy) is 2. The van der Waals surface area contributed by atoms with Crippen LogP contribution in [0.3, 0.4) is 0 Å². The molecule has 0 spiro atoms. The highest BCUT2D eigenvalue weighted by atomic mass is 16.7. The Morgan fingerprint density at radius 1 is 1.14 bits per heavy atom. The number of aromatic hydroxyl groups is 1. The summed E-state index contributed by atoms with van der Waals surface area (Å²) < 4.78 is 11.3. The van der Waals surface area contributed by atoms with Crippen LogP contribution in [-0.4, -0.2) is 23.1 Å². The van der Waals surface area contributed by atoms with E-state index >= 15 is 0 Å². The van der Waals surface area contributed by atoms with E-state index < -0.39 is 12.3 Å². The van der Waals surface area contributed by atoms with Crippen molar-refractivity contribution in [2.75, 3.05) is 0 Å². The van der Waals surface area contributed by atoms with Crippen LogP contribution >= 0.6 is 0 Å². The Hall–Kier alpha value is -2.82. The summed E-state index contributed by atoms with van der Waals surface area (Å²) in [7, 11) is 0. The van der Waals surface area contributed by atoms with Crippen LogP contribution in [0.25, 0.3) is 11.1 Å². The van der Waals surface area contributed by atoms with E-state index in [4.69, 9.17) is 9.47 Å². The monoisotopic (exact) mass is 382 g/mol. The summed E-state index contributed by atoms with van der Waals surface area (Å²) in [6, 6.07) is 9.28. The lowest BCUT2D eigenvalue weighted by atomic mass is 9.92. The van der Waals surface area contributed by atoms with Gasteiger partial charge in [-0.15, -0.1) is 0 Å². The SMILES string of the molecule is CCCCCc1cc(O)c(-c2cccc(C)c2)c2c1C(=O)OC(CC(C)=O)O2. The first-order valence-electron chi connectivity index (χ1n) is 9.73. The molecule has 2 aromatic carbocycles. The van der Waals surface area contributed by atoms with E-state index in [-0.39, 0.29) is 18.0 Å². The number of aryl methyl sites for hydroxylation is 2. The van der Waals surface area contributed by atoms with Crippen molar-refractivity contribution in [2.24, 2.45) is 0 Å². The maximum Gasteiger partial charge on any atom is 0.345 e. The van der Waals surface area contributed by atoms with Crippen LogP contribution in [0, 0.1) is 6.92 Å². The molecule has 3 rings (SSSR count). The van der Waals surface area contributed by atoms with Crippen molar-refractivity contribution in [2.45, 2.75) is 59.2 Å². The van der Waals surface area contributed by atoms with Gasteiger partial charge in [-0.2, -0.15) is 0 Å². The van der Waals surface area contributed by atoms with Gasteiger partial charge >= 0.3 is 5.97 Å². The average molecular weight is 382 g/mol. The first kappa shape index (κ1) is 19.9. The predicted octanol–water partition coefficient (Wildman–Crippen LogP) is 4.95. The van der Waals surface area contributed by atoms with Gasteiger partial charge in [-0.05, 0) is 43.9 Å². The summed E-state index contributed by atoms with van der Waals surface area (Å²) in [5.74, 6) is -0.277. The minimum Gasteiger partial charge on any atom is -0.507 e. The minimum atomic E-state index is -0.980. The number of hydrogen-bond acceptors (Lipinski definition) is 5. The van der Waals surface area contributed by atoms with Crippen LogP contribution in [-0.2, 0) is 16.0 Å². The molecular formula is C23H26O5. The summed E-state index contributed by atoms with van der Waals surface area (Å²) >= 11 is 0. The quantitative estimate of drug-likeness (QED) is 0.541. The lowest BCUT2D eigenvalue weighted by molar-refractivity contribution is -0.125. The van der Waals surface area contributed by atoms with Crippen LogP contribution in [0.5, 0.6) is 11.5 Å². The summed E-state index contributed by atoms with van der Waals surface area (Å²) in [5, 5.41) is 10.8. The number of unbranched alkanes of at least 4 members (excludes halogenated alkanes) is 2. The van der Waals surface area contributed by atoms with Crippen LogP contribution in [0.4, 0.5) is 0 Å². The number of cyclic esters (lactones) is 1. The Kier molecular flexibility index (Phi) is 6.02. The zero-order valence-corrected chi connectivity index (χ0v) is 16.6. The molecule has 28 heavy (non-hydrogen) atoms. The Balaban J connectivity index is 2.14. The first-order chi connectivity index (χ1) is 13.4. The van der Waals surface area contributed by atoms with Gasteiger partial charge in [0.1, 0.15) is 22.8 Å². The maximum atomic E-state index is 12.8. The zero-order chi connectivity index (χ0) is 20.3. The highest BCUT2D eigenvalue weighted by Crippen LogP contribution is 2.45. The van der Waals surface area contributed by atoms with Crippen LogP contribution in [0.2, 0.25) is 0 Å². The summed E-state index contributed by atoms with van der Waals surface area (Å²) in [6.45, 7) is 5.49. The van der Waals surface area contributed by atoms with Gasteiger partial charge in [-0.1, -0.05) is 49.6 Å². The van der Waals surface area contributed by atoms with E-state index in [1.54, 1.807) is 6.07 Å². The molecule has 1 atom stereocenters. The van der Waals surface area contributed by atoms with E-state index in [2.05, 4.69) is 6.92 Å². The lowest BCUT2D eigenvalue weighted by Crippen LogP contribution is -2.32. The van der Waals surface area contributed by atoms with E-state index in [1.807, 2.05) is 31.2 Å². The third kappa shape index (κ3) is 4.19. The Morgan fingerprint density at radius 3 is 2.61 bits per heavy atom. The Labute approximate surface area is 165 Å². The smallest absolute Gasteiger partial charge is 0.345 e. The topological polar surface area (TPSA) is 72.8 Å². The third-order valence-corrected chi connectivity index (χ3v) is 4.84. The van der Waals surface area contributed by atoms with Crippen molar-refractivity contribution in [1.82, 2.24) is 0 Å². The van der Waals surface area contributed by atoms with Crippen molar-refractivity contribution < 1.29 is 24.2 Å². The molecule has 0 aromatic heterocycles. The zero-order valence-electron chi connectivity index (χ0n) is 16.6. The summed E-state index contributed by atoms with van der Waals surface area (Å²) in [4.78, 5) is 24.3. The average Bonchev–Trinajstić information content (AvgIpc) is 2.60. The van der Waals surface area contributed by atoms with Gasteiger partial charge in [-0.25, -0.2) is 4.79 Å². The number of phenols is 1. The fourth-order valence-corrected chi connectivity index (χ4v) is 3.53. The van der Waals surface area contributed by atoms with Gasteiger partial charge < -0.3 is 14.6 Å². The van der Waals surface area contributed by atoms with Crippen LogP contribution < -0.4 is 4.74 Å². The van der Waals surface area contributed by atoms with Crippen molar-refractivity contribution in [3.8, 4) is 22.6 Å². The molecule has 1 heterocycles. The Bertz CT molecular complexity index is 900. The van der Waals surface area contributed by atoms with Crippen molar-refractivity contribution in [3.05, 3.63) is 47.0 Å². The standard InChI is InChI=1S/C23H26O5/c1-4-5-6-9-17-13-18(25)20(16-10-7-8-14(2)11-16)22-21(17)23(26)28-19(27-22)12-15(3)24/h7-8,10-11,13,19,25H,4-6,9,12H2,1-3H3. The molecule has 5 nitrogen and oxygen atoms in total. The summed E-state index contributed by atoms with van der Waals surface area (Å²) in [5.41, 5.74) is 3.30. The normalized spacial score (nSPS) is 15.5. The van der Waals surface area contributed by atoms with Gasteiger partial charge in [0.15, 0.2) is 0 Å². The number of fused-ring (bicyclic) bond motifs is 1. The fraction of sp³-hybridized carbons (Fsp3) is 0.391. The van der Waals surface area contributed by atoms with E-state index in [0.29, 0.717) is 28.9 Å². The molecule has 0 bridgehead atoms. The molecule has 1 aliphatic heterocycles. The van der Waals surface area contributed by atoms with Crippen LogP contribution in [0.1, 0.15) is 61.0 Å². The molecule has 0 aliphatic carbocycles. The number of rotatable bonds is 7. The molecule has 0 amide bonds. The van der Waals surface area contributed by atoms with Crippen molar-refractivity contribution in [1.29, 1.82) is 0 Å². The highest BCUT2D eigenvalue weighted by molar-refractivity contribution is 6.00. The largest absolute Gasteiger partial charge is 0.507 e. The molecule has 2 aromatic rings. The number of phenolic OH excluding ortho intramolecular Hbond substituents is 1. The van der Waals surface area contributed by atoms with Gasteiger partial charge in [0, 0.05) is 0 Å². The van der Waals surface area contributed by atoms with Gasteiger partial charge in [0.25, 0.3) is 6.29 Å². The number of hydrogen-bond donors (Lipinski definition) is 1. The molecule has 1 N–H and O–H groups in total. The van der Waals surface area contributed by atoms with Gasteiger partial charge in [0.05, 0.1) is 12.0 Å². The molecule has 5 heteroatoms. The molecule has 1 unspecified atom stereocenters. The molecule has 1 aliphatic rings. The van der Waals surface area contributed by atoms with E-state index in [0.717, 1.165) is 30.4 Å². The van der Waals surface area contributed by atoms with E-state index in [9.17, 15) is 14.7 Å². The maximum absolute atomic E-state index is 12.8. The van der Waals surface area contributed by atoms with Crippen LogP contribution in [0.15, 0.2) is 30.3 Å². The van der Waals surface area contributed by atoms with Gasteiger partial charge in [-0.3, -0.25) is 4.79 Å². The number of esters is 1. The first-order valence-corrected chi connectivity index (χ1v) is 9.73. The molecule has 148 valence electrons. The van der Waals surface area contributed by atoms with E-state index in [1.165, 1.54) is 6.92 Å². The number of Topliss-reactive ketones (excluding diaryl/α,β-unsaturated/α-hetero) is 1. The second kappa shape index (κ2) is 8.46. The summed E-state index contributed by atoms with van der Waals surface area (Å²) in [6.07, 6.45) is 2.62. The molecule has 0 radical (unpaired) electrons. The predicted molar refractivity (Wildman–Crippen MR) is 107 cm³/mol. The molecular weight excluding hydrogens is 356 g/mol. The number of benzene rings is 2. The van der Waals surface area contributed by atoms with Crippen molar-refractivity contribution in [3.63, 3.8) is 0 Å². The molecule has 0 fully saturated rings. The third-order valence-electron chi connectivity index (χ3n) is 4.84. The lowest BCUT2D eigenvalue weighted by Gasteiger charge is -2.29. The minimum absolute atomic E-state index is 0.0285. The molecule has 0 saturated carbocycles. The fourth-order valence-electron chi connectivity index (χ4n) is 3.53. The number of ketones is 1. The number of carbonyl (C=O) groups is 2. The molecule has 0 saturated heterocycles.